The number of carbonyl (C=O) groups is 1. The topological polar surface area (TPSA) is 171 Å². The van der Waals surface area contributed by atoms with Crippen molar-refractivity contribution in [3.05, 3.63) is 152 Å². The summed E-state index contributed by atoms with van der Waals surface area (Å²) in [5.74, 6) is -4.54. The van der Waals surface area contributed by atoms with E-state index in [0.717, 1.165) is 0 Å². The van der Waals surface area contributed by atoms with E-state index < -0.39 is 44.4 Å². The van der Waals surface area contributed by atoms with Crippen molar-refractivity contribution in [1.29, 1.82) is 10.5 Å². The minimum absolute atomic E-state index is 0.135. The number of Topliss-reactive ketones (excluding diaryl/α,β-unsaturated/α-hetero) is 1. The van der Waals surface area contributed by atoms with Crippen molar-refractivity contribution in [3.63, 3.8) is 0 Å². The Balaban J connectivity index is 1.88. The maximum atomic E-state index is 14.5. The molecule has 0 aliphatic heterocycles. The number of nitro benzene ring substituents is 2. The first-order valence-corrected chi connectivity index (χ1v) is 13.3. The van der Waals surface area contributed by atoms with Crippen molar-refractivity contribution >= 4 is 17.2 Å². The van der Waals surface area contributed by atoms with Crippen molar-refractivity contribution in [2.24, 2.45) is 11.3 Å². The molecule has 1 aliphatic rings. The molecule has 0 radical (unpaired) electrons. The van der Waals surface area contributed by atoms with Crippen LogP contribution in [0.5, 0.6) is 0 Å². The molecule has 0 unspecified atom stereocenters. The first kappa shape index (κ1) is 28.8. The fourth-order valence-electron chi connectivity index (χ4n) is 6.37. The third-order valence-corrected chi connectivity index (χ3v) is 8.31. The average Bonchev–Trinajstić information content (AvgIpc) is 3.05. The zero-order valence-corrected chi connectivity index (χ0v) is 22.6. The zero-order valence-electron chi connectivity index (χ0n) is 22.6. The molecular weight excluding hydrogens is 548 g/mol. The molecule has 0 heterocycles. The van der Waals surface area contributed by atoms with Gasteiger partial charge in [-0.05, 0) is 23.1 Å². The monoisotopic (exact) mass is 572 g/mol. The highest BCUT2D eigenvalue weighted by Gasteiger charge is 2.64. The number of carbonyl (C=O) groups excluding carboxylic acids is 1. The molecule has 0 spiro atoms. The van der Waals surface area contributed by atoms with E-state index in [2.05, 4.69) is 12.1 Å². The van der Waals surface area contributed by atoms with Crippen LogP contribution in [-0.4, -0.2) is 20.7 Å². The van der Waals surface area contributed by atoms with Crippen LogP contribution in [0.1, 0.15) is 45.3 Å². The Morgan fingerprint density at radius 3 is 1.81 bits per heavy atom. The molecule has 5 rings (SSSR count). The van der Waals surface area contributed by atoms with Crippen LogP contribution in [-0.2, 0) is 5.60 Å². The molecule has 4 aromatic carbocycles. The van der Waals surface area contributed by atoms with Gasteiger partial charge in [-0.25, -0.2) is 0 Å². The summed E-state index contributed by atoms with van der Waals surface area (Å²) in [5, 5.41) is 57.9. The van der Waals surface area contributed by atoms with E-state index in [9.17, 15) is 40.7 Å². The zero-order chi connectivity index (χ0) is 30.8. The molecule has 1 N–H and O–H groups in total. The molecule has 10 nitrogen and oxygen atoms in total. The molecule has 0 amide bonds. The fourth-order valence-corrected chi connectivity index (χ4v) is 6.37. The highest BCUT2D eigenvalue weighted by Crippen LogP contribution is 2.63. The van der Waals surface area contributed by atoms with Gasteiger partial charge in [0.25, 0.3) is 11.4 Å². The number of ketones is 1. The third-order valence-electron chi connectivity index (χ3n) is 8.31. The SMILES string of the molecule is N#CC1(C#N)[C@H](c2cccc([N+](=O)[O-])c2)C[C@](O)(c2ccccc2)[C@H](C(=O)c2ccccc2)[C@@H]1c1cccc([N+](=O)[O-])c1. The minimum atomic E-state index is -2.08. The average molecular weight is 573 g/mol. The molecule has 1 saturated carbocycles. The van der Waals surface area contributed by atoms with Crippen LogP contribution in [0.3, 0.4) is 0 Å². The van der Waals surface area contributed by atoms with Gasteiger partial charge in [0.05, 0.1) is 27.9 Å². The van der Waals surface area contributed by atoms with Gasteiger partial charge in [-0.2, -0.15) is 10.5 Å². The highest BCUT2D eigenvalue weighted by molar-refractivity contribution is 5.99. The van der Waals surface area contributed by atoms with Crippen molar-refractivity contribution < 1.29 is 19.7 Å². The van der Waals surface area contributed by atoms with Crippen LogP contribution in [0.4, 0.5) is 11.4 Å². The minimum Gasteiger partial charge on any atom is -0.384 e. The molecule has 4 aromatic rings. The molecule has 1 aliphatic carbocycles. The molecule has 43 heavy (non-hydrogen) atoms. The van der Waals surface area contributed by atoms with E-state index in [4.69, 9.17) is 0 Å². The van der Waals surface area contributed by atoms with E-state index in [1.807, 2.05) is 0 Å². The lowest BCUT2D eigenvalue weighted by Crippen LogP contribution is -2.55. The Morgan fingerprint density at radius 1 is 0.767 bits per heavy atom. The highest BCUT2D eigenvalue weighted by atomic mass is 16.6. The number of non-ortho nitro benzene ring substituents is 2. The van der Waals surface area contributed by atoms with Crippen LogP contribution in [0.25, 0.3) is 0 Å². The van der Waals surface area contributed by atoms with E-state index in [-0.39, 0.29) is 34.5 Å². The molecule has 0 bridgehead atoms. The summed E-state index contributed by atoms with van der Waals surface area (Å²) in [6.07, 6.45) is -0.312. The van der Waals surface area contributed by atoms with Crippen LogP contribution < -0.4 is 0 Å². The van der Waals surface area contributed by atoms with Gasteiger partial charge in [0, 0.05) is 41.7 Å². The van der Waals surface area contributed by atoms with Crippen LogP contribution in [0.2, 0.25) is 0 Å². The number of nitro groups is 2. The van der Waals surface area contributed by atoms with Crippen molar-refractivity contribution in [3.8, 4) is 12.1 Å². The number of aliphatic hydroxyl groups is 1. The summed E-state index contributed by atoms with van der Waals surface area (Å²) >= 11 is 0. The smallest absolute Gasteiger partial charge is 0.269 e. The van der Waals surface area contributed by atoms with Gasteiger partial charge in [0.2, 0.25) is 0 Å². The van der Waals surface area contributed by atoms with Gasteiger partial charge in [-0.1, -0.05) is 84.9 Å². The van der Waals surface area contributed by atoms with E-state index in [1.54, 1.807) is 60.7 Å². The number of nitrogens with zero attached hydrogens (tertiary/aromatic N) is 4. The van der Waals surface area contributed by atoms with Crippen molar-refractivity contribution in [2.75, 3.05) is 0 Å². The second-order valence-electron chi connectivity index (χ2n) is 10.5. The Bertz CT molecular complexity index is 1780. The number of nitriles is 2. The Kier molecular flexibility index (Phi) is 7.56. The lowest BCUT2D eigenvalue weighted by molar-refractivity contribution is -0.385. The van der Waals surface area contributed by atoms with Crippen molar-refractivity contribution in [1.82, 2.24) is 0 Å². The van der Waals surface area contributed by atoms with E-state index >= 15 is 0 Å². The first-order chi connectivity index (χ1) is 20.7. The summed E-state index contributed by atoms with van der Waals surface area (Å²) in [7, 11) is 0. The normalized spacial score (nSPS) is 22.4. The Morgan fingerprint density at radius 2 is 1.28 bits per heavy atom. The second-order valence-corrected chi connectivity index (χ2v) is 10.5. The van der Waals surface area contributed by atoms with Gasteiger partial charge in [0.15, 0.2) is 11.2 Å². The largest absolute Gasteiger partial charge is 0.384 e. The first-order valence-electron chi connectivity index (χ1n) is 13.3. The summed E-state index contributed by atoms with van der Waals surface area (Å²) in [4.78, 5) is 36.8. The fraction of sp³-hybridized carbons (Fsp3) is 0.182. The number of hydrogen-bond acceptors (Lipinski definition) is 8. The predicted octanol–water partition coefficient (Wildman–Crippen LogP) is 6.19. The van der Waals surface area contributed by atoms with Crippen LogP contribution >= 0.6 is 0 Å². The van der Waals surface area contributed by atoms with Gasteiger partial charge in [-0.3, -0.25) is 25.0 Å². The molecule has 0 saturated heterocycles. The van der Waals surface area contributed by atoms with Gasteiger partial charge in [0.1, 0.15) is 5.60 Å². The maximum Gasteiger partial charge on any atom is 0.269 e. The maximum absolute atomic E-state index is 14.5. The quantitative estimate of drug-likeness (QED) is 0.155. The van der Waals surface area contributed by atoms with E-state index in [0.29, 0.717) is 5.56 Å². The lowest BCUT2D eigenvalue weighted by atomic mass is 9.48. The summed E-state index contributed by atoms with van der Waals surface area (Å²) in [6, 6.07) is 31.6. The predicted molar refractivity (Wildman–Crippen MR) is 155 cm³/mol. The number of hydrogen-bond donors (Lipinski definition) is 1. The van der Waals surface area contributed by atoms with Gasteiger partial charge in [-0.15, -0.1) is 0 Å². The lowest BCUT2D eigenvalue weighted by Gasteiger charge is -2.53. The molecule has 1 fully saturated rings. The van der Waals surface area contributed by atoms with E-state index in [1.165, 1.54) is 48.5 Å². The van der Waals surface area contributed by atoms with Crippen LogP contribution in [0.15, 0.2) is 109 Å². The summed E-state index contributed by atoms with van der Waals surface area (Å²) in [6.45, 7) is 0. The molecule has 212 valence electrons. The molecule has 4 atom stereocenters. The third kappa shape index (κ3) is 4.90. The number of benzene rings is 4. The standard InChI is InChI=1S/C33H24N4O6/c34-20-32(21-35)28(23-11-7-15-26(17-23)36(40)41)19-33(39,25-13-5-2-6-14-25)30(31(38)22-9-3-1-4-10-22)29(32)24-12-8-16-27(18-24)37(42)43/h1-18,28-30,39H,19H2/t28-,29-,30-,33-/m0/s1. The summed E-state index contributed by atoms with van der Waals surface area (Å²) in [5.41, 5.74) is -3.76. The van der Waals surface area contributed by atoms with Crippen LogP contribution in [0, 0.1) is 54.2 Å². The van der Waals surface area contributed by atoms with Crippen molar-refractivity contribution in [2.45, 2.75) is 23.9 Å². The van der Waals surface area contributed by atoms with Gasteiger partial charge < -0.3 is 5.11 Å². The molecule has 10 heteroatoms. The number of rotatable bonds is 7. The summed E-state index contributed by atoms with van der Waals surface area (Å²) < 4.78 is 0. The second kappa shape index (κ2) is 11.3. The molecule has 0 aromatic heterocycles. The molecular formula is C33H24N4O6. The Hall–Kier alpha value is -5.71. The van der Waals surface area contributed by atoms with Gasteiger partial charge >= 0.3 is 0 Å². The Labute approximate surface area is 246 Å².